The van der Waals surface area contributed by atoms with Crippen molar-refractivity contribution in [3.8, 4) is 0 Å². The van der Waals surface area contributed by atoms with Gasteiger partial charge in [0.25, 0.3) is 0 Å². The highest BCUT2D eigenvalue weighted by molar-refractivity contribution is 7.80. The molecule has 0 aliphatic heterocycles. The predicted octanol–water partition coefficient (Wildman–Crippen LogP) is 2.52. The zero-order valence-electron chi connectivity index (χ0n) is 11.2. The quantitative estimate of drug-likeness (QED) is 0.283. The van der Waals surface area contributed by atoms with Gasteiger partial charge in [0.1, 0.15) is 5.91 Å². The Labute approximate surface area is 109 Å². The molecule has 0 spiro atoms. The number of thiol groups is 1. The van der Waals surface area contributed by atoms with Crippen molar-refractivity contribution >= 4 is 22.1 Å². The molecule has 2 nitrogen and oxygen atoms in total. The Morgan fingerprint density at radius 1 is 1.00 bits per heavy atom. The van der Waals surface area contributed by atoms with Crippen molar-refractivity contribution in [2.75, 3.05) is 19.0 Å². The van der Waals surface area contributed by atoms with Crippen molar-refractivity contribution in [2.24, 2.45) is 11.8 Å². The number of hydrogen-bond acceptors (Lipinski definition) is 3. The highest BCUT2D eigenvalue weighted by atomic mass is 32.1. The first-order valence-corrected chi connectivity index (χ1v) is 8.85. The summed E-state index contributed by atoms with van der Waals surface area (Å²) in [5, 5.41) is 0. The standard InChI is InChI=1S/C12H28O2SSi/c1-10(2)8-13-12(14-9-11(3)4)16-7-5-6-15/h10-12,15H,5-9,16H2,1-4H3. The van der Waals surface area contributed by atoms with E-state index in [0.717, 1.165) is 19.0 Å². The summed E-state index contributed by atoms with van der Waals surface area (Å²) in [5.41, 5.74) is 0. The van der Waals surface area contributed by atoms with Crippen LogP contribution >= 0.6 is 12.6 Å². The predicted molar refractivity (Wildman–Crippen MR) is 77.2 cm³/mol. The highest BCUT2D eigenvalue weighted by Crippen LogP contribution is 2.05. The van der Waals surface area contributed by atoms with E-state index in [0.29, 0.717) is 11.8 Å². The molecule has 0 saturated heterocycles. The molecule has 0 aliphatic rings. The Kier molecular flexibility index (Phi) is 11.0. The van der Waals surface area contributed by atoms with Crippen LogP contribution in [0, 0.1) is 11.8 Å². The van der Waals surface area contributed by atoms with Gasteiger partial charge in [-0.05, 0) is 24.0 Å². The topological polar surface area (TPSA) is 18.5 Å². The minimum atomic E-state index is -0.265. The van der Waals surface area contributed by atoms with Gasteiger partial charge in [0.05, 0.1) is 22.7 Å². The number of rotatable bonds is 10. The lowest BCUT2D eigenvalue weighted by Crippen LogP contribution is -2.27. The second kappa shape index (κ2) is 10.6. The first-order valence-electron chi connectivity index (χ1n) is 6.40. The van der Waals surface area contributed by atoms with Gasteiger partial charge in [0.2, 0.25) is 0 Å². The van der Waals surface area contributed by atoms with E-state index < -0.39 is 0 Å². The molecule has 0 aromatic heterocycles. The van der Waals surface area contributed by atoms with Crippen LogP contribution in [0.25, 0.3) is 0 Å². The second-order valence-corrected chi connectivity index (χ2v) is 7.50. The Bertz CT molecular complexity index is 142. The molecule has 0 bridgehead atoms. The van der Waals surface area contributed by atoms with E-state index in [-0.39, 0.29) is 15.4 Å². The van der Waals surface area contributed by atoms with Crippen LogP contribution in [0.5, 0.6) is 0 Å². The summed E-state index contributed by atoms with van der Waals surface area (Å²) in [5.74, 6) is 2.27. The molecule has 0 rings (SSSR count). The van der Waals surface area contributed by atoms with E-state index in [1.807, 2.05) is 0 Å². The van der Waals surface area contributed by atoms with Crippen LogP contribution in [0.4, 0.5) is 0 Å². The van der Waals surface area contributed by atoms with Crippen LogP contribution in [0.3, 0.4) is 0 Å². The first-order chi connectivity index (χ1) is 7.56. The number of hydrogen-bond donors (Lipinski definition) is 1. The van der Waals surface area contributed by atoms with Gasteiger partial charge in [0.15, 0.2) is 0 Å². The molecule has 0 atom stereocenters. The fraction of sp³-hybridized carbons (Fsp3) is 1.00. The SMILES string of the molecule is CC(C)COC(OCC(C)C)[SiH2]CCCS. The molecule has 0 saturated carbocycles. The minimum absolute atomic E-state index is 0.115. The van der Waals surface area contributed by atoms with Crippen molar-refractivity contribution in [1.82, 2.24) is 0 Å². The summed E-state index contributed by atoms with van der Waals surface area (Å²) in [4.78, 5) is 0. The molecule has 0 unspecified atom stereocenters. The van der Waals surface area contributed by atoms with E-state index in [4.69, 9.17) is 9.47 Å². The largest absolute Gasteiger partial charge is 0.357 e. The maximum absolute atomic E-state index is 5.82. The molecule has 98 valence electrons. The number of ether oxygens (including phenoxy) is 2. The fourth-order valence-corrected chi connectivity index (χ4v) is 3.36. The molecule has 0 aromatic carbocycles. The molecule has 0 N–H and O–H groups in total. The van der Waals surface area contributed by atoms with E-state index >= 15 is 0 Å². The van der Waals surface area contributed by atoms with E-state index in [1.165, 1.54) is 12.5 Å². The third kappa shape index (κ3) is 11.0. The van der Waals surface area contributed by atoms with Crippen LogP contribution in [0.15, 0.2) is 0 Å². The maximum atomic E-state index is 5.82. The Hall–Kier alpha value is 0.487. The van der Waals surface area contributed by atoms with Crippen molar-refractivity contribution < 1.29 is 9.47 Å². The molecule has 16 heavy (non-hydrogen) atoms. The second-order valence-electron chi connectivity index (χ2n) is 5.10. The summed E-state index contributed by atoms with van der Waals surface area (Å²) in [6, 6.07) is 1.27. The average molecular weight is 265 g/mol. The van der Waals surface area contributed by atoms with Gasteiger partial charge < -0.3 is 9.47 Å². The molecular weight excluding hydrogens is 236 g/mol. The van der Waals surface area contributed by atoms with Crippen molar-refractivity contribution in [2.45, 2.75) is 46.1 Å². The molecule has 0 aliphatic carbocycles. The lowest BCUT2D eigenvalue weighted by atomic mass is 10.2. The summed E-state index contributed by atoms with van der Waals surface area (Å²) < 4.78 is 11.6. The van der Waals surface area contributed by atoms with Crippen LogP contribution in [-0.2, 0) is 9.47 Å². The normalized spacial score (nSPS) is 12.8. The molecular formula is C12H28O2SSi. The van der Waals surface area contributed by atoms with Crippen molar-refractivity contribution in [1.29, 1.82) is 0 Å². The zero-order chi connectivity index (χ0) is 12.4. The van der Waals surface area contributed by atoms with Crippen LogP contribution in [0.1, 0.15) is 34.1 Å². The van der Waals surface area contributed by atoms with Gasteiger partial charge in [-0.25, -0.2) is 0 Å². The van der Waals surface area contributed by atoms with Crippen LogP contribution < -0.4 is 0 Å². The van der Waals surface area contributed by atoms with Gasteiger partial charge in [-0.1, -0.05) is 33.7 Å². The smallest absolute Gasteiger partial charge is 0.134 e. The Balaban J connectivity index is 3.76. The van der Waals surface area contributed by atoms with E-state index in [2.05, 4.69) is 40.3 Å². The minimum Gasteiger partial charge on any atom is -0.357 e. The molecule has 0 aromatic rings. The summed E-state index contributed by atoms with van der Waals surface area (Å²) in [6.07, 6.45) is 1.20. The molecule has 0 radical (unpaired) electrons. The summed E-state index contributed by atoms with van der Waals surface area (Å²) in [6.45, 7) is 10.3. The first kappa shape index (κ1) is 16.5. The van der Waals surface area contributed by atoms with Crippen molar-refractivity contribution in [3.63, 3.8) is 0 Å². The maximum Gasteiger partial charge on any atom is 0.134 e. The Morgan fingerprint density at radius 2 is 1.50 bits per heavy atom. The summed E-state index contributed by atoms with van der Waals surface area (Å²) >= 11 is 4.23. The average Bonchev–Trinajstić information content (AvgIpc) is 2.21. The van der Waals surface area contributed by atoms with E-state index in [9.17, 15) is 0 Å². The van der Waals surface area contributed by atoms with Gasteiger partial charge >= 0.3 is 0 Å². The van der Waals surface area contributed by atoms with Crippen molar-refractivity contribution in [3.05, 3.63) is 0 Å². The Morgan fingerprint density at radius 3 is 1.88 bits per heavy atom. The molecule has 0 amide bonds. The van der Waals surface area contributed by atoms with E-state index in [1.54, 1.807) is 0 Å². The van der Waals surface area contributed by atoms with Gasteiger partial charge in [-0.2, -0.15) is 12.6 Å². The molecule has 4 heteroatoms. The highest BCUT2D eigenvalue weighted by Gasteiger charge is 2.11. The third-order valence-electron chi connectivity index (χ3n) is 2.08. The van der Waals surface area contributed by atoms with Crippen LogP contribution in [-0.4, -0.2) is 34.4 Å². The van der Waals surface area contributed by atoms with Gasteiger partial charge in [-0.3, -0.25) is 0 Å². The lowest BCUT2D eigenvalue weighted by molar-refractivity contribution is -0.104. The van der Waals surface area contributed by atoms with Gasteiger partial charge in [0, 0.05) is 0 Å². The fourth-order valence-electron chi connectivity index (χ4n) is 1.24. The summed E-state index contributed by atoms with van der Waals surface area (Å²) in [7, 11) is -0.265. The van der Waals surface area contributed by atoms with Crippen LogP contribution in [0.2, 0.25) is 6.04 Å². The zero-order valence-corrected chi connectivity index (χ0v) is 13.5. The third-order valence-corrected chi connectivity index (χ3v) is 4.25. The molecule has 0 heterocycles. The lowest BCUT2D eigenvalue weighted by Gasteiger charge is -2.20. The van der Waals surface area contributed by atoms with Gasteiger partial charge in [-0.15, -0.1) is 0 Å². The monoisotopic (exact) mass is 264 g/mol. The molecule has 0 fully saturated rings.